The summed E-state index contributed by atoms with van der Waals surface area (Å²) >= 11 is 3.58. The zero-order chi connectivity index (χ0) is 11.5. The highest BCUT2D eigenvalue weighted by atomic mass is 79.9. The number of halogens is 1. The van der Waals surface area contributed by atoms with Gasteiger partial charge in [0.05, 0.1) is 0 Å². The zero-order valence-corrected chi connectivity index (χ0v) is 11.7. The van der Waals surface area contributed by atoms with E-state index in [1.54, 1.807) is 0 Å². The topological polar surface area (TPSA) is 12.0 Å². The molecule has 1 saturated carbocycles. The van der Waals surface area contributed by atoms with Crippen LogP contribution in [0.1, 0.15) is 42.9 Å². The Labute approximate surface area is 107 Å². The molecule has 1 atom stereocenters. The van der Waals surface area contributed by atoms with Crippen molar-refractivity contribution in [2.75, 3.05) is 7.05 Å². The average Bonchev–Trinajstić information content (AvgIpc) is 3.01. The summed E-state index contributed by atoms with van der Waals surface area (Å²) in [5, 5.41) is 3.44. The minimum absolute atomic E-state index is 0.511. The first-order valence-corrected chi connectivity index (χ1v) is 6.92. The smallest absolute Gasteiger partial charge is 0.0318 e. The van der Waals surface area contributed by atoms with Crippen LogP contribution in [0.5, 0.6) is 0 Å². The number of hydrogen-bond donors (Lipinski definition) is 1. The minimum atomic E-state index is 0.511. The first-order valence-electron chi connectivity index (χ1n) is 6.13. The van der Waals surface area contributed by atoms with E-state index in [1.807, 2.05) is 0 Å². The minimum Gasteiger partial charge on any atom is -0.313 e. The lowest BCUT2D eigenvalue weighted by atomic mass is 9.99. The maximum absolute atomic E-state index is 3.58. The highest BCUT2D eigenvalue weighted by molar-refractivity contribution is 9.10. The van der Waals surface area contributed by atoms with Crippen LogP contribution in [0.15, 0.2) is 22.7 Å². The molecule has 0 saturated heterocycles. The molecule has 1 aromatic rings. The molecule has 1 N–H and O–H groups in total. The summed E-state index contributed by atoms with van der Waals surface area (Å²) in [4.78, 5) is 0. The summed E-state index contributed by atoms with van der Waals surface area (Å²) in [5.74, 6) is 1.02. The first kappa shape index (κ1) is 12.1. The van der Waals surface area contributed by atoms with Crippen molar-refractivity contribution in [3.05, 3.63) is 33.8 Å². The van der Waals surface area contributed by atoms with Gasteiger partial charge in [-0.05, 0) is 56.0 Å². The Balaban J connectivity index is 2.04. The Morgan fingerprint density at radius 3 is 2.69 bits per heavy atom. The monoisotopic (exact) mass is 281 g/mol. The second-order valence-electron chi connectivity index (χ2n) is 4.92. The molecule has 1 nitrogen and oxygen atoms in total. The number of hydrogen-bond acceptors (Lipinski definition) is 1. The van der Waals surface area contributed by atoms with Crippen LogP contribution >= 0.6 is 15.9 Å². The Hall–Kier alpha value is -0.340. The summed E-state index contributed by atoms with van der Waals surface area (Å²) in [6.07, 6.45) is 5.54. The van der Waals surface area contributed by atoms with Gasteiger partial charge in [0.1, 0.15) is 0 Å². The summed E-state index contributed by atoms with van der Waals surface area (Å²) in [5.41, 5.74) is 2.74. The molecule has 16 heavy (non-hydrogen) atoms. The molecule has 1 aromatic carbocycles. The quantitative estimate of drug-likeness (QED) is 0.853. The van der Waals surface area contributed by atoms with E-state index in [9.17, 15) is 0 Å². The van der Waals surface area contributed by atoms with Crippen molar-refractivity contribution >= 4 is 15.9 Å². The SMILES string of the molecule is CNC(CCC1CC1)c1cc(C)cc(Br)c1. The molecule has 1 unspecified atom stereocenters. The van der Waals surface area contributed by atoms with E-state index in [-0.39, 0.29) is 0 Å². The van der Waals surface area contributed by atoms with Crippen molar-refractivity contribution < 1.29 is 0 Å². The number of benzene rings is 1. The van der Waals surface area contributed by atoms with Crippen LogP contribution in [0.2, 0.25) is 0 Å². The lowest BCUT2D eigenvalue weighted by Crippen LogP contribution is -2.16. The summed E-state index contributed by atoms with van der Waals surface area (Å²) < 4.78 is 1.19. The van der Waals surface area contributed by atoms with E-state index in [1.165, 1.54) is 41.3 Å². The van der Waals surface area contributed by atoms with Crippen molar-refractivity contribution in [3.8, 4) is 0 Å². The van der Waals surface area contributed by atoms with Gasteiger partial charge in [0, 0.05) is 10.5 Å². The van der Waals surface area contributed by atoms with Crippen molar-refractivity contribution in [2.24, 2.45) is 5.92 Å². The maximum atomic E-state index is 3.58. The highest BCUT2D eigenvalue weighted by Gasteiger charge is 2.22. The fourth-order valence-corrected chi connectivity index (χ4v) is 2.88. The molecule has 0 amide bonds. The van der Waals surface area contributed by atoms with Crippen molar-refractivity contribution in [2.45, 2.75) is 38.6 Å². The maximum Gasteiger partial charge on any atom is 0.0318 e. The summed E-state index contributed by atoms with van der Waals surface area (Å²) in [7, 11) is 2.06. The van der Waals surface area contributed by atoms with Gasteiger partial charge in [-0.2, -0.15) is 0 Å². The van der Waals surface area contributed by atoms with E-state index >= 15 is 0 Å². The summed E-state index contributed by atoms with van der Waals surface area (Å²) in [6.45, 7) is 2.15. The molecular formula is C14H20BrN. The Morgan fingerprint density at radius 1 is 1.38 bits per heavy atom. The van der Waals surface area contributed by atoms with Gasteiger partial charge in [0.15, 0.2) is 0 Å². The zero-order valence-electron chi connectivity index (χ0n) is 10.1. The van der Waals surface area contributed by atoms with E-state index in [0.717, 1.165) is 5.92 Å². The number of nitrogens with one attached hydrogen (secondary N) is 1. The number of aryl methyl sites for hydroxylation is 1. The second kappa shape index (κ2) is 5.33. The molecule has 88 valence electrons. The molecule has 2 rings (SSSR count). The lowest BCUT2D eigenvalue weighted by Gasteiger charge is -2.17. The molecule has 0 bridgehead atoms. The normalized spacial score (nSPS) is 17.4. The van der Waals surface area contributed by atoms with Gasteiger partial charge in [-0.3, -0.25) is 0 Å². The third-order valence-electron chi connectivity index (χ3n) is 3.38. The van der Waals surface area contributed by atoms with Gasteiger partial charge < -0.3 is 5.32 Å². The van der Waals surface area contributed by atoms with E-state index < -0.39 is 0 Å². The van der Waals surface area contributed by atoms with Gasteiger partial charge in [-0.25, -0.2) is 0 Å². The van der Waals surface area contributed by atoms with Crippen LogP contribution < -0.4 is 5.32 Å². The second-order valence-corrected chi connectivity index (χ2v) is 5.84. The van der Waals surface area contributed by atoms with Crippen molar-refractivity contribution in [1.82, 2.24) is 5.32 Å². The first-order chi connectivity index (χ1) is 7.69. The average molecular weight is 282 g/mol. The van der Waals surface area contributed by atoms with E-state index in [2.05, 4.69) is 53.4 Å². The van der Waals surface area contributed by atoms with E-state index in [4.69, 9.17) is 0 Å². The van der Waals surface area contributed by atoms with Gasteiger partial charge in [-0.1, -0.05) is 34.8 Å². The van der Waals surface area contributed by atoms with Crippen LogP contribution in [0, 0.1) is 12.8 Å². The van der Waals surface area contributed by atoms with Gasteiger partial charge in [0.2, 0.25) is 0 Å². The highest BCUT2D eigenvalue weighted by Crippen LogP contribution is 2.36. The van der Waals surface area contributed by atoms with Gasteiger partial charge >= 0.3 is 0 Å². The predicted octanol–water partition coefficient (Wildman–Crippen LogP) is 4.21. The fourth-order valence-electron chi connectivity index (χ4n) is 2.25. The Morgan fingerprint density at radius 2 is 2.12 bits per heavy atom. The van der Waals surface area contributed by atoms with Crippen molar-refractivity contribution in [3.63, 3.8) is 0 Å². The molecule has 0 heterocycles. The van der Waals surface area contributed by atoms with Crippen LogP contribution in [0.25, 0.3) is 0 Å². The van der Waals surface area contributed by atoms with Gasteiger partial charge in [-0.15, -0.1) is 0 Å². The van der Waals surface area contributed by atoms with Crippen LogP contribution in [-0.4, -0.2) is 7.05 Å². The molecule has 0 spiro atoms. The molecule has 0 aromatic heterocycles. The Bertz CT molecular complexity index is 338. The van der Waals surface area contributed by atoms with Crippen LogP contribution in [0.3, 0.4) is 0 Å². The Kier molecular flexibility index (Phi) is 4.04. The molecule has 1 aliphatic rings. The molecule has 1 aliphatic carbocycles. The van der Waals surface area contributed by atoms with Crippen LogP contribution in [0.4, 0.5) is 0 Å². The summed E-state index contributed by atoms with van der Waals surface area (Å²) in [6, 6.07) is 7.20. The predicted molar refractivity (Wildman–Crippen MR) is 72.6 cm³/mol. The van der Waals surface area contributed by atoms with Crippen LogP contribution in [-0.2, 0) is 0 Å². The number of rotatable bonds is 5. The standard InChI is InChI=1S/C14H20BrN/c1-10-7-12(9-13(15)8-10)14(16-2)6-5-11-3-4-11/h7-9,11,14,16H,3-6H2,1-2H3. The van der Waals surface area contributed by atoms with E-state index in [0.29, 0.717) is 6.04 Å². The fraction of sp³-hybridized carbons (Fsp3) is 0.571. The lowest BCUT2D eigenvalue weighted by molar-refractivity contribution is 0.506. The molecule has 1 fully saturated rings. The third kappa shape index (κ3) is 3.33. The molecular weight excluding hydrogens is 262 g/mol. The largest absolute Gasteiger partial charge is 0.313 e. The molecule has 2 heteroatoms. The third-order valence-corrected chi connectivity index (χ3v) is 3.83. The van der Waals surface area contributed by atoms with Crippen molar-refractivity contribution in [1.29, 1.82) is 0 Å². The van der Waals surface area contributed by atoms with Gasteiger partial charge in [0.25, 0.3) is 0 Å². The molecule has 0 radical (unpaired) electrons. The molecule has 0 aliphatic heterocycles.